The summed E-state index contributed by atoms with van der Waals surface area (Å²) in [5.74, 6) is 0.838. The van der Waals surface area contributed by atoms with Crippen LogP contribution in [-0.2, 0) is 6.18 Å². The Bertz CT molecular complexity index is 708. The third-order valence-electron chi connectivity index (χ3n) is 5.51. The van der Waals surface area contributed by atoms with E-state index in [0.717, 1.165) is 57.2 Å². The first kappa shape index (κ1) is 22.7. The highest BCUT2D eigenvalue weighted by atomic mass is 19.4. The van der Waals surface area contributed by atoms with Crippen LogP contribution in [0.2, 0.25) is 0 Å². The van der Waals surface area contributed by atoms with Gasteiger partial charge in [0.05, 0.1) is 12.1 Å². The van der Waals surface area contributed by atoms with E-state index in [9.17, 15) is 18.3 Å². The Hall–Kier alpha value is -2.00. The zero-order chi connectivity index (χ0) is 21.6. The molecule has 2 fully saturated rings. The number of ether oxygens (including phenoxy) is 1. The first-order chi connectivity index (χ1) is 14.4. The van der Waals surface area contributed by atoms with E-state index in [-0.39, 0.29) is 18.9 Å². The molecule has 0 radical (unpaired) electrons. The summed E-state index contributed by atoms with van der Waals surface area (Å²) in [5.41, 5.74) is -0.775. The number of nitrogens with one attached hydrogen (secondary N) is 1. The standard InChI is InChI=1S/C21H31F3N4O2/c1-2-25-20(28-11-8-17(14-28)27-9-3-4-10-27)26-13-18(29)15-30-19-7-5-6-16(12-19)21(22,23)24/h5-7,12,17-18,29H,2-4,8-11,13-15H2,1H3,(H,25,26). The molecule has 2 aliphatic rings. The van der Waals surface area contributed by atoms with Crippen LogP contribution >= 0.6 is 0 Å². The highest BCUT2D eigenvalue weighted by Crippen LogP contribution is 2.31. The van der Waals surface area contributed by atoms with Gasteiger partial charge in [-0.3, -0.25) is 9.89 Å². The van der Waals surface area contributed by atoms with Gasteiger partial charge < -0.3 is 20.1 Å². The van der Waals surface area contributed by atoms with Crippen molar-refractivity contribution in [1.29, 1.82) is 0 Å². The van der Waals surface area contributed by atoms with E-state index in [4.69, 9.17) is 4.74 Å². The van der Waals surface area contributed by atoms with E-state index in [1.807, 2.05) is 6.92 Å². The zero-order valence-electron chi connectivity index (χ0n) is 17.4. The van der Waals surface area contributed by atoms with Crippen LogP contribution < -0.4 is 10.1 Å². The summed E-state index contributed by atoms with van der Waals surface area (Å²) in [6.07, 6.45) is -1.70. The number of likely N-dealkylation sites (tertiary alicyclic amines) is 2. The van der Waals surface area contributed by atoms with Crippen LogP contribution in [0.5, 0.6) is 5.75 Å². The van der Waals surface area contributed by atoms with E-state index in [0.29, 0.717) is 6.04 Å². The quantitative estimate of drug-likeness (QED) is 0.517. The minimum absolute atomic E-state index is 0.0766. The van der Waals surface area contributed by atoms with Gasteiger partial charge in [0.15, 0.2) is 5.96 Å². The SMILES string of the molecule is CCNC(=NCC(O)COc1cccc(C(F)(F)F)c1)N1CCC(N2CCCC2)C1. The molecule has 6 nitrogen and oxygen atoms in total. The van der Waals surface area contributed by atoms with Crippen molar-refractivity contribution in [3.05, 3.63) is 29.8 Å². The van der Waals surface area contributed by atoms with Gasteiger partial charge in [-0.25, -0.2) is 0 Å². The molecule has 3 rings (SSSR count). The molecule has 9 heteroatoms. The summed E-state index contributed by atoms with van der Waals surface area (Å²) in [6, 6.07) is 5.20. The topological polar surface area (TPSA) is 60.3 Å². The normalized spacial score (nSPS) is 21.8. The lowest BCUT2D eigenvalue weighted by atomic mass is 10.2. The van der Waals surface area contributed by atoms with Gasteiger partial charge in [-0.15, -0.1) is 0 Å². The summed E-state index contributed by atoms with van der Waals surface area (Å²) < 4.78 is 43.7. The third kappa shape index (κ3) is 6.25. The van der Waals surface area contributed by atoms with Crippen molar-refractivity contribution >= 4 is 5.96 Å². The molecule has 0 spiro atoms. The van der Waals surface area contributed by atoms with Crippen LogP contribution in [0.15, 0.2) is 29.3 Å². The van der Waals surface area contributed by atoms with E-state index < -0.39 is 17.8 Å². The lowest BCUT2D eigenvalue weighted by Gasteiger charge is -2.25. The van der Waals surface area contributed by atoms with E-state index in [2.05, 4.69) is 20.1 Å². The van der Waals surface area contributed by atoms with E-state index in [1.165, 1.54) is 25.0 Å². The molecule has 2 N–H and O–H groups in total. The highest BCUT2D eigenvalue weighted by molar-refractivity contribution is 5.80. The number of hydrogen-bond acceptors (Lipinski definition) is 4. The largest absolute Gasteiger partial charge is 0.491 e. The lowest BCUT2D eigenvalue weighted by molar-refractivity contribution is -0.137. The Kier molecular flexibility index (Phi) is 7.82. The van der Waals surface area contributed by atoms with Crippen molar-refractivity contribution in [2.75, 3.05) is 45.9 Å². The van der Waals surface area contributed by atoms with Crippen molar-refractivity contribution in [1.82, 2.24) is 15.1 Å². The number of alkyl halides is 3. The minimum Gasteiger partial charge on any atom is -0.491 e. The monoisotopic (exact) mass is 428 g/mol. The average Bonchev–Trinajstić information content (AvgIpc) is 3.41. The van der Waals surface area contributed by atoms with Crippen molar-refractivity contribution in [3.8, 4) is 5.75 Å². The van der Waals surface area contributed by atoms with Crippen LogP contribution in [0.25, 0.3) is 0 Å². The van der Waals surface area contributed by atoms with Gasteiger partial charge in [-0.05, 0) is 57.5 Å². The second kappa shape index (κ2) is 10.3. The van der Waals surface area contributed by atoms with Gasteiger partial charge in [0.2, 0.25) is 0 Å². The van der Waals surface area contributed by atoms with Crippen LogP contribution in [0.1, 0.15) is 31.7 Å². The number of aliphatic hydroxyl groups excluding tert-OH is 1. The Labute approximate surface area is 175 Å². The average molecular weight is 428 g/mol. The summed E-state index contributed by atoms with van der Waals surface area (Å²) in [5, 5.41) is 13.5. The molecule has 0 bridgehead atoms. The van der Waals surface area contributed by atoms with Crippen molar-refractivity contribution in [2.45, 2.75) is 44.5 Å². The Morgan fingerprint density at radius 2 is 2.07 bits per heavy atom. The van der Waals surface area contributed by atoms with Gasteiger partial charge >= 0.3 is 6.18 Å². The molecule has 2 atom stereocenters. The molecule has 30 heavy (non-hydrogen) atoms. The minimum atomic E-state index is -4.42. The molecule has 2 unspecified atom stereocenters. The van der Waals surface area contributed by atoms with Gasteiger partial charge in [0.1, 0.15) is 18.5 Å². The fraction of sp³-hybridized carbons (Fsp3) is 0.667. The molecule has 0 amide bonds. The number of nitrogens with zero attached hydrogens (tertiary/aromatic N) is 3. The number of halogens is 3. The molecule has 2 saturated heterocycles. The number of benzene rings is 1. The summed E-state index contributed by atoms with van der Waals surface area (Å²) in [6.45, 7) is 6.88. The Morgan fingerprint density at radius 3 is 2.77 bits per heavy atom. The van der Waals surface area contributed by atoms with Crippen molar-refractivity contribution in [3.63, 3.8) is 0 Å². The fourth-order valence-electron chi connectivity index (χ4n) is 3.96. The number of guanidine groups is 1. The van der Waals surface area contributed by atoms with Gasteiger partial charge in [0, 0.05) is 25.7 Å². The number of aliphatic imine (C=N–C) groups is 1. The maximum Gasteiger partial charge on any atom is 0.416 e. The smallest absolute Gasteiger partial charge is 0.416 e. The summed E-state index contributed by atoms with van der Waals surface area (Å²) >= 11 is 0. The van der Waals surface area contributed by atoms with Gasteiger partial charge in [-0.2, -0.15) is 13.2 Å². The molecule has 0 aliphatic carbocycles. The highest BCUT2D eigenvalue weighted by Gasteiger charge is 2.31. The molecule has 2 aliphatic heterocycles. The third-order valence-corrected chi connectivity index (χ3v) is 5.51. The molecule has 0 aromatic heterocycles. The molecular weight excluding hydrogens is 397 g/mol. The first-order valence-electron chi connectivity index (χ1n) is 10.6. The number of hydrogen-bond donors (Lipinski definition) is 2. The second-order valence-electron chi connectivity index (χ2n) is 7.82. The zero-order valence-corrected chi connectivity index (χ0v) is 17.4. The van der Waals surface area contributed by atoms with Crippen molar-refractivity contribution in [2.24, 2.45) is 4.99 Å². The predicted octanol–water partition coefficient (Wildman–Crippen LogP) is 2.58. The summed E-state index contributed by atoms with van der Waals surface area (Å²) in [4.78, 5) is 9.29. The Balaban J connectivity index is 1.51. The number of rotatable bonds is 7. The molecule has 2 heterocycles. The number of aliphatic hydroxyl groups is 1. The molecule has 0 saturated carbocycles. The van der Waals surface area contributed by atoms with Crippen LogP contribution in [0.4, 0.5) is 13.2 Å². The van der Waals surface area contributed by atoms with E-state index in [1.54, 1.807) is 0 Å². The molecular formula is C21H31F3N4O2. The van der Waals surface area contributed by atoms with E-state index >= 15 is 0 Å². The van der Waals surface area contributed by atoms with Gasteiger partial charge in [0.25, 0.3) is 0 Å². The predicted molar refractivity (Wildman–Crippen MR) is 110 cm³/mol. The maximum atomic E-state index is 12.8. The molecule has 1 aromatic carbocycles. The molecule has 168 valence electrons. The summed E-state index contributed by atoms with van der Waals surface area (Å²) in [7, 11) is 0. The van der Waals surface area contributed by atoms with Gasteiger partial charge in [-0.1, -0.05) is 6.07 Å². The van der Waals surface area contributed by atoms with Crippen molar-refractivity contribution < 1.29 is 23.0 Å². The first-order valence-corrected chi connectivity index (χ1v) is 10.6. The Morgan fingerprint density at radius 1 is 1.30 bits per heavy atom. The molecule has 1 aromatic rings. The van der Waals surface area contributed by atoms with Crippen LogP contribution in [-0.4, -0.2) is 78.9 Å². The maximum absolute atomic E-state index is 12.8. The van der Waals surface area contributed by atoms with Crippen LogP contribution in [0, 0.1) is 0 Å². The second-order valence-corrected chi connectivity index (χ2v) is 7.82. The van der Waals surface area contributed by atoms with Crippen LogP contribution in [0.3, 0.4) is 0 Å². The fourth-order valence-corrected chi connectivity index (χ4v) is 3.96. The lowest BCUT2D eigenvalue weighted by Crippen LogP contribution is -2.43.